The Balaban J connectivity index is 0. The second kappa shape index (κ2) is 15.5. The number of hydrogen-bond acceptors (Lipinski definition) is 6. The fraction of sp³-hybridized carbons (Fsp3) is 0.316. The lowest BCUT2D eigenvalue weighted by atomic mass is 10.2. The van der Waals surface area contributed by atoms with Crippen LogP contribution in [0.15, 0.2) is 30.5 Å². The van der Waals surface area contributed by atoms with E-state index in [1.54, 1.807) is 18.3 Å². The third-order valence-electron chi connectivity index (χ3n) is 3.33. The molecule has 28 heavy (non-hydrogen) atoms. The number of halogens is 2. The van der Waals surface area contributed by atoms with Gasteiger partial charge in [-0.1, -0.05) is 18.8 Å². The summed E-state index contributed by atoms with van der Waals surface area (Å²) >= 11 is 0. The minimum atomic E-state index is 0. The van der Waals surface area contributed by atoms with Crippen LogP contribution < -0.4 is 16.4 Å². The highest BCUT2D eigenvalue weighted by Crippen LogP contribution is 2.17. The lowest BCUT2D eigenvalue weighted by Gasteiger charge is -2.10. The zero-order chi connectivity index (χ0) is 17.9. The van der Waals surface area contributed by atoms with E-state index in [2.05, 4.69) is 45.4 Å². The predicted molar refractivity (Wildman–Crippen MR) is 119 cm³/mol. The zero-order valence-corrected chi connectivity index (χ0v) is 17.3. The van der Waals surface area contributed by atoms with E-state index >= 15 is 0 Å². The minimum Gasteiger partial charge on any atom is -0.412 e. The van der Waals surface area contributed by atoms with Crippen LogP contribution in [0.25, 0.3) is 0 Å². The number of nitrogens with zero attached hydrogens (tertiary/aromatic N) is 3. The van der Waals surface area contributed by atoms with Gasteiger partial charge in [-0.25, -0.2) is 4.98 Å². The smallest absolute Gasteiger partial charge is 0.229 e. The van der Waals surface area contributed by atoms with Crippen LogP contribution in [0.1, 0.15) is 37.3 Å². The molecule has 0 bridgehead atoms. The van der Waals surface area contributed by atoms with Crippen LogP contribution in [0.4, 0.5) is 17.5 Å². The second-order valence-corrected chi connectivity index (χ2v) is 5.39. The number of rotatable bonds is 7. The number of nitrogens with one attached hydrogen (secondary N) is 2. The molecule has 0 unspecified atom stereocenters. The molecule has 0 aliphatic rings. The summed E-state index contributed by atoms with van der Waals surface area (Å²) < 4.78 is 0. The van der Waals surface area contributed by atoms with Crippen LogP contribution in [0.3, 0.4) is 0 Å². The molecule has 0 atom stereocenters. The molecular weight excluding hydrogens is 399 g/mol. The number of benzene rings is 1. The van der Waals surface area contributed by atoms with Crippen molar-refractivity contribution in [2.45, 2.75) is 26.2 Å². The van der Waals surface area contributed by atoms with Crippen molar-refractivity contribution < 1.29 is 5.48 Å². The van der Waals surface area contributed by atoms with Crippen molar-refractivity contribution in [1.82, 2.24) is 9.97 Å². The number of nitrogens with two attached hydrogens (primary N) is 1. The maximum absolute atomic E-state index is 8.85. The van der Waals surface area contributed by atoms with Crippen molar-refractivity contribution in [2.24, 2.45) is 5.73 Å². The molecule has 152 valence electrons. The van der Waals surface area contributed by atoms with E-state index in [9.17, 15) is 0 Å². The van der Waals surface area contributed by atoms with Crippen molar-refractivity contribution in [3.05, 3.63) is 41.6 Å². The number of hydrogen-bond donors (Lipinski definition) is 3. The van der Waals surface area contributed by atoms with Gasteiger partial charge in [-0.3, -0.25) is 0 Å². The Hall–Kier alpha value is -2.55. The summed E-state index contributed by atoms with van der Waals surface area (Å²) in [5.74, 6) is 7.40. The Morgan fingerprint density at radius 2 is 1.89 bits per heavy atom. The van der Waals surface area contributed by atoms with Crippen molar-refractivity contribution in [2.75, 3.05) is 23.7 Å². The molecule has 0 aliphatic heterocycles. The van der Waals surface area contributed by atoms with Crippen molar-refractivity contribution in [3.63, 3.8) is 0 Å². The average Bonchev–Trinajstić information content (AvgIpc) is 2.65. The fourth-order valence-electron chi connectivity index (χ4n) is 2.02. The highest BCUT2D eigenvalue weighted by Gasteiger charge is 2.06. The van der Waals surface area contributed by atoms with Crippen LogP contribution in [-0.4, -0.2) is 28.5 Å². The van der Waals surface area contributed by atoms with Crippen LogP contribution in [0.2, 0.25) is 0 Å². The molecule has 0 saturated heterocycles. The van der Waals surface area contributed by atoms with Gasteiger partial charge < -0.3 is 21.8 Å². The van der Waals surface area contributed by atoms with Gasteiger partial charge in [0.1, 0.15) is 5.82 Å². The second-order valence-electron chi connectivity index (χ2n) is 5.39. The molecule has 0 radical (unpaired) electrons. The molecule has 6 N–H and O–H groups in total. The van der Waals surface area contributed by atoms with Crippen molar-refractivity contribution in [3.8, 4) is 17.9 Å². The molecule has 0 aliphatic carbocycles. The van der Waals surface area contributed by atoms with Gasteiger partial charge in [0.2, 0.25) is 5.95 Å². The van der Waals surface area contributed by atoms with Gasteiger partial charge in [-0.2, -0.15) is 10.2 Å². The Bertz CT molecular complexity index is 797. The summed E-state index contributed by atoms with van der Waals surface area (Å²) in [7, 11) is 0. The Kier molecular flexibility index (Phi) is 15.3. The standard InChI is InChI=1S/C19H22N6.2ClH.H2O/c1-2-12-22-18-16(6-4-3-5-11-20)14-23-19(25-18)24-17-9-7-15(13-21)8-10-17;;;/h7-10,14H,2-3,5,11-12,20H2,1H3,(H2,22,23,24,25);2*1H;1H2. The maximum atomic E-state index is 8.85. The summed E-state index contributed by atoms with van der Waals surface area (Å²) in [5.41, 5.74) is 7.69. The topological polar surface area (TPSA) is 131 Å². The molecule has 0 saturated carbocycles. The average molecular weight is 425 g/mol. The Morgan fingerprint density at radius 1 is 1.18 bits per heavy atom. The third kappa shape index (κ3) is 8.90. The summed E-state index contributed by atoms with van der Waals surface area (Å²) in [6.45, 7) is 3.54. The first kappa shape index (κ1) is 27.7. The number of unbranched alkanes of at least 4 members (excludes halogenated alkanes) is 1. The summed E-state index contributed by atoms with van der Waals surface area (Å²) in [6, 6.07) is 9.23. The van der Waals surface area contributed by atoms with Crippen LogP contribution >= 0.6 is 24.8 Å². The maximum Gasteiger partial charge on any atom is 0.229 e. The first-order chi connectivity index (χ1) is 12.3. The monoisotopic (exact) mass is 424 g/mol. The van der Waals surface area contributed by atoms with Crippen molar-refractivity contribution >= 4 is 42.3 Å². The van der Waals surface area contributed by atoms with E-state index in [1.807, 2.05) is 12.1 Å². The third-order valence-corrected chi connectivity index (χ3v) is 3.33. The lowest BCUT2D eigenvalue weighted by Crippen LogP contribution is -2.07. The summed E-state index contributed by atoms with van der Waals surface area (Å²) in [4.78, 5) is 8.85. The number of anilines is 3. The Labute approximate surface area is 178 Å². The van der Waals surface area contributed by atoms with E-state index in [0.717, 1.165) is 37.1 Å². The van der Waals surface area contributed by atoms with Gasteiger partial charge >= 0.3 is 0 Å². The molecule has 1 heterocycles. The molecule has 2 aromatic rings. The number of nitriles is 1. The van der Waals surface area contributed by atoms with Gasteiger partial charge in [0, 0.05) is 18.7 Å². The van der Waals surface area contributed by atoms with Gasteiger partial charge in [0.15, 0.2) is 0 Å². The van der Waals surface area contributed by atoms with Gasteiger partial charge in [0.05, 0.1) is 23.4 Å². The molecule has 7 nitrogen and oxygen atoms in total. The zero-order valence-electron chi connectivity index (χ0n) is 15.7. The van der Waals surface area contributed by atoms with E-state index in [4.69, 9.17) is 11.0 Å². The van der Waals surface area contributed by atoms with E-state index in [1.165, 1.54) is 0 Å². The molecule has 2 rings (SSSR count). The van der Waals surface area contributed by atoms with Gasteiger partial charge in [-0.15, -0.1) is 24.8 Å². The van der Waals surface area contributed by atoms with Gasteiger partial charge in [-0.05, 0) is 43.7 Å². The first-order valence-electron chi connectivity index (χ1n) is 8.34. The molecule has 1 aromatic heterocycles. The first-order valence-corrected chi connectivity index (χ1v) is 8.34. The molecule has 0 fully saturated rings. The molecular formula is C19H26Cl2N6O. The van der Waals surface area contributed by atoms with E-state index in [-0.39, 0.29) is 30.3 Å². The summed E-state index contributed by atoms with van der Waals surface area (Å²) in [6.07, 6.45) is 4.34. The minimum absolute atomic E-state index is 0. The normalized spacial score (nSPS) is 8.61. The highest BCUT2D eigenvalue weighted by atomic mass is 35.5. The highest BCUT2D eigenvalue weighted by molar-refractivity contribution is 5.85. The number of aromatic nitrogens is 2. The quantitative estimate of drug-likeness (QED) is 0.462. The Morgan fingerprint density at radius 3 is 2.50 bits per heavy atom. The van der Waals surface area contributed by atoms with Gasteiger partial charge in [0.25, 0.3) is 0 Å². The van der Waals surface area contributed by atoms with Crippen LogP contribution in [0.5, 0.6) is 0 Å². The molecule has 9 heteroatoms. The van der Waals surface area contributed by atoms with Crippen molar-refractivity contribution in [1.29, 1.82) is 5.26 Å². The lowest BCUT2D eigenvalue weighted by molar-refractivity contribution is 0.824. The predicted octanol–water partition coefficient (Wildman–Crippen LogP) is 3.02. The fourth-order valence-corrected chi connectivity index (χ4v) is 2.02. The van der Waals surface area contributed by atoms with Crippen LogP contribution in [0, 0.1) is 23.2 Å². The molecule has 0 amide bonds. The molecule has 0 spiro atoms. The SMILES string of the molecule is CCCNc1nc(Nc2ccc(C#N)cc2)ncc1C#CCCCN.Cl.Cl.O. The largest absolute Gasteiger partial charge is 0.412 e. The summed E-state index contributed by atoms with van der Waals surface area (Å²) in [5, 5.41) is 15.3. The van der Waals surface area contributed by atoms with Crippen LogP contribution in [-0.2, 0) is 0 Å². The van der Waals surface area contributed by atoms with E-state index < -0.39 is 0 Å². The molecule has 1 aromatic carbocycles. The van der Waals surface area contributed by atoms with E-state index in [0.29, 0.717) is 23.9 Å².